The summed E-state index contributed by atoms with van der Waals surface area (Å²) in [5, 5.41) is 6.46. The molecule has 1 aliphatic rings. The monoisotopic (exact) mass is 359 g/mol. The summed E-state index contributed by atoms with van der Waals surface area (Å²) in [6.45, 7) is 0.963. The number of rotatable bonds is 3. The lowest BCUT2D eigenvalue weighted by Gasteiger charge is -2.42. The number of hydrogen-bond acceptors (Lipinski definition) is 1. The van der Waals surface area contributed by atoms with E-state index < -0.39 is 0 Å². The fourth-order valence-electron chi connectivity index (χ4n) is 2.49. The molecule has 3 nitrogen and oxygen atoms in total. The molecule has 0 atom stereocenters. The first-order chi connectivity index (χ1) is 8.30. The highest BCUT2D eigenvalue weighted by Crippen LogP contribution is 2.42. The minimum absolute atomic E-state index is 0. The molecule has 18 heavy (non-hydrogen) atoms. The lowest BCUT2D eigenvalue weighted by atomic mass is 9.64. The van der Waals surface area contributed by atoms with Gasteiger partial charge in [0.2, 0.25) is 0 Å². The van der Waals surface area contributed by atoms with Crippen LogP contribution in [0.3, 0.4) is 0 Å². The maximum absolute atomic E-state index is 4.16. The number of aliphatic imine (C=N–C) groups is 1. The zero-order valence-electron chi connectivity index (χ0n) is 11.1. The lowest BCUT2D eigenvalue weighted by molar-refractivity contribution is 0.244. The molecule has 0 radical (unpaired) electrons. The number of nitrogens with one attached hydrogen (secondary N) is 2. The van der Waals surface area contributed by atoms with Crippen molar-refractivity contribution in [3.8, 4) is 0 Å². The zero-order chi connectivity index (χ0) is 12.1. The molecule has 0 aromatic heterocycles. The van der Waals surface area contributed by atoms with E-state index in [1.807, 2.05) is 7.05 Å². The van der Waals surface area contributed by atoms with E-state index in [1.54, 1.807) is 7.05 Å². The predicted molar refractivity (Wildman–Crippen MR) is 87.8 cm³/mol. The molecule has 1 saturated carbocycles. The number of guanidine groups is 1. The minimum Gasteiger partial charge on any atom is -0.359 e. The Bertz CT molecular complexity index is 385. The van der Waals surface area contributed by atoms with Gasteiger partial charge in [0.15, 0.2) is 5.96 Å². The van der Waals surface area contributed by atoms with Crippen molar-refractivity contribution in [1.29, 1.82) is 0 Å². The van der Waals surface area contributed by atoms with Gasteiger partial charge in [-0.05, 0) is 18.4 Å². The van der Waals surface area contributed by atoms with Gasteiger partial charge in [-0.2, -0.15) is 0 Å². The van der Waals surface area contributed by atoms with Gasteiger partial charge in [0.25, 0.3) is 0 Å². The second kappa shape index (κ2) is 6.97. The first kappa shape index (κ1) is 15.3. The van der Waals surface area contributed by atoms with E-state index in [2.05, 4.69) is 46.0 Å². The van der Waals surface area contributed by atoms with Crippen molar-refractivity contribution in [2.24, 2.45) is 4.99 Å². The third-order valence-corrected chi connectivity index (χ3v) is 3.75. The SMILES string of the molecule is CN=C(NC)NCC1(c2ccccc2)CCC1.I. The van der Waals surface area contributed by atoms with Crippen LogP contribution in [0, 0.1) is 0 Å². The molecule has 4 heteroatoms. The summed E-state index contributed by atoms with van der Waals surface area (Å²) in [5.74, 6) is 0.868. The van der Waals surface area contributed by atoms with E-state index in [4.69, 9.17) is 0 Å². The Morgan fingerprint density at radius 1 is 1.28 bits per heavy atom. The summed E-state index contributed by atoms with van der Waals surface area (Å²) in [7, 11) is 3.69. The highest BCUT2D eigenvalue weighted by atomic mass is 127. The highest BCUT2D eigenvalue weighted by Gasteiger charge is 2.38. The summed E-state index contributed by atoms with van der Waals surface area (Å²) in [6.07, 6.45) is 3.87. The number of hydrogen-bond donors (Lipinski definition) is 2. The van der Waals surface area contributed by atoms with E-state index in [1.165, 1.54) is 24.8 Å². The molecule has 0 unspecified atom stereocenters. The normalized spacial score (nSPS) is 17.3. The molecule has 1 fully saturated rings. The summed E-state index contributed by atoms with van der Waals surface area (Å²) < 4.78 is 0. The Morgan fingerprint density at radius 3 is 2.39 bits per heavy atom. The van der Waals surface area contributed by atoms with Gasteiger partial charge in [-0.3, -0.25) is 4.99 Å². The summed E-state index contributed by atoms with van der Waals surface area (Å²) in [4.78, 5) is 4.16. The topological polar surface area (TPSA) is 36.4 Å². The van der Waals surface area contributed by atoms with Crippen molar-refractivity contribution < 1.29 is 0 Å². The largest absolute Gasteiger partial charge is 0.359 e. The van der Waals surface area contributed by atoms with Gasteiger partial charge in [-0.15, -0.1) is 24.0 Å². The van der Waals surface area contributed by atoms with Gasteiger partial charge in [0, 0.05) is 26.1 Å². The van der Waals surface area contributed by atoms with Crippen molar-refractivity contribution in [1.82, 2.24) is 10.6 Å². The van der Waals surface area contributed by atoms with E-state index in [9.17, 15) is 0 Å². The Morgan fingerprint density at radius 2 is 1.94 bits per heavy atom. The molecular weight excluding hydrogens is 337 g/mol. The average Bonchev–Trinajstić information content (AvgIpc) is 2.34. The molecule has 0 spiro atoms. The summed E-state index contributed by atoms with van der Waals surface area (Å²) in [5.41, 5.74) is 1.76. The van der Waals surface area contributed by atoms with Gasteiger partial charge >= 0.3 is 0 Å². The first-order valence-corrected chi connectivity index (χ1v) is 6.25. The Kier molecular flexibility index (Phi) is 5.91. The molecule has 2 N–H and O–H groups in total. The summed E-state index contributed by atoms with van der Waals surface area (Å²) >= 11 is 0. The molecule has 1 aliphatic carbocycles. The molecule has 2 rings (SSSR count). The van der Waals surface area contributed by atoms with Crippen molar-refractivity contribution in [3.05, 3.63) is 35.9 Å². The average molecular weight is 359 g/mol. The second-order valence-corrected chi connectivity index (χ2v) is 4.68. The molecule has 100 valence electrons. The van der Waals surface area contributed by atoms with Crippen LogP contribution in [0.25, 0.3) is 0 Å². The van der Waals surface area contributed by atoms with E-state index in [0.717, 1.165) is 12.5 Å². The molecular formula is C14H22IN3. The van der Waals surface area contributed by atoms with Crippen LogP contribution < -0.4 is 10.6 Å². The Balaban J connectivity index is 0.00000162. The van der Waals surface area contributed by atoms with Crippen molar-refractivity contribution >= 4 is 29.9 Å². The van der Waals surface area contributed by atoms with Crippen LogP contribution in [0.1, 0.15) is 24.8 Å². The molecule has 0 heterocycles. The van der Waals surface area contributed by atoms with Gasteiger partial charge in [-0.1, -0.05) is 36.8 Å². The standard InChI is InChI=1S/C14H21N3.HI/c1-15-13(16-2)17-11-14(9-6-10-14)12-7-4-3-5-8-12;/h3-5,7-8H,6,9-11H2,1-2H3,(H2,15,16,17);1H. The van der Waals surface area contributed by atoms with Gasteiger partial charge in [0.05, 0.1) is 0 Å². The third kappa shape index (κ3) is 3.16. The van der Waals surface area contributed by atoms with Crippen LogP contribution in [0.15, 0.2) is 35.3 Å². The summed E-state index contributed by atoms with van der Waals surface area (Å²) in [6, 6.07) is 10.8. The highest BCUT2D eigenvalue weighted by molar-refractivity contribution is 14.0. The van der Waals surface area contributed by atoms with Crippen molar-refractivity contribution in [2.45, 2.75) is 24.7 Å². The molecule has 1 aromatic carbocycles. The molecule has 0 amide bonds. The fourth-order valence-corrected chi connectivity index (χ4v) is 2.49. The second-order valence-electron chi connectivity index (χ2n) is 4.68. The van der Waals surface area contributed by atoms with Gasteiger partial charge < -0.3 is 10.6 Å². The fraction of sp³-hybridized carbons (Fsp3) is 0.500. The van der Waals surface area contributed by atoms with Gasteiger partial charge in [-0.25, -0.2) is 0 Å². The molecule has 0 saturated heterocycles. The quantitative estimate of drug-likeness (QED) is 0.494. The maximum atomic E-state index is 4.16. The van der Waals surface area contributed by atoms with Crippen LogP contribution >= 0.6 is 24.0 Å². The maximum Gasteiger partial charge on any atom is 0.190 e. The minimum atomic E-state index is 0. The van der Waals surface area contributed by atoms with Crippen LogP contribution in [0.4, 0.5) is 0 Å². The number of nitrogens with zero attached hydrogens (tertiary/aromatic N) is 1. The Labute approximate surface area is 126 Å². The van der Waals surface area contributed by atoms with E-state index >= 15 is 0 Å². The Hall–Kier alpha value is -0.780. The first-order valence-electron chi connectivity index (χ1n) is 6.25. The molecule has 0 bridgehead atoms. The van der Waals surface area contributed by atoms with Crippen LogP contribution in [0.5, 0.6) is 0 Å². The lowest BCUT2D eigenvalue weighted by Crippen LogP contribution is -2.48. The molecule has 1 aromatic rings. The zero-order valence-corrected chi connectivity index (χ0v) is 13.4. The smallest absolute Gasteiger partial charge is 0.190 e. The number of benzene rings is 1. The number of halogens is 1. The van der Waals surface area contributed by atoms with Crippen molar-refractivity contribution in [2.75, 3.05) is 20.6 Å². The van der Waals surface area contributed by atoms with Crippen LogP contribution in [0.2, 0.25) is 0 Å². The van der Waals surface area contributed by atoms with Crippen LogP contribution in [-0.4, -0.2) is 26.6 Å². The third-order valence-electron chi connectivity index (χ3n) is 3.75. The van der Waals surface area contributed by atoms with Gasteiger partial charge in [0.1, 0.15) is 0 Å². The predicted octanol–water partition coefficient (Wildman–Crippen LogP) is 2.52. The van der Waals surface area contributed by atoms with Crippen LogP contribution in [-0.2, 0) is 5.41 Å². The van der Waals surface area contributed by atoms with E-state index in [0.29, 0.717) is 5.41 Å². The van der Waals surface area contributed by atoms with E-state index in [-0.39, 0.29) is 24.0 Å². The molecule has 0 aliphatic heterocycles. The van der Waals surface area contributed by atoms with Crippen molar-refractivity contribution in [3.63, 3.8) is 0 Å².